The second-order valence-corrected chi connectivity index (χ2v) is 6.51. The van der Waals surface area contributed by atoms with Crippen LogP contribution in [0.3, 0.4) is 0 Å². The molecule has 0 aliphatic carbocycles. The van der Waals surface area contributed by atoms with Crippen LogP contribution in [0.4, 0.5) is 0 Å². The summed E-state index contributed by atoms with van der Waals surface area (Å²) < 4.78 is 4.23. The Hall–Kier alpha value is -0.870. The first-order chi connectivity index (χ1) is 8.18. The fourth-order valence-electron chi connectivity index (χ4n) is 1.92. The molecule has 0 aromatic carbocycles. The minimum absolute atomic E-state index is 0.0277. The van der Waals surface area contributed by atoms with Crippen molar-refractivity contribution in [1.29, 1.82) is 0 Å². The lowest BCUT2D eigenvalue weighted by molar-refractivity contribution is -0.697. The second kappa shape index (κ2) is 5.85. The number of aryl methyl sites for hydroxylation is 1. The number of nitrogens with zero attached hydrogens (tertiary/aromatic N) is 2. The number of rotatable bonds is 7. The molecule has 0 aliphatic heterocycles. The van der Waals surface area contributed by atoms with E-state index in [1.165, 1.54) is 19.3 Å². The van der Waals surface area contributed by atoms with Crippen molar-refractivity contribution in [3.8, 4) is 0 Å². The van der Waals surface area contributed by atoms with E-state index >= 15 is 0 Å². The van der Waals surface area contributed by atoms with Crippen molar-refractivity contribution in [2.24, 2.45) is 11.5 Å². The maximum absolute atomic E-state index is 6.03. The monoisotopic (exact) mass is 253 g/mol. The largest absolute Gasteiger partial charge is 0.326 e. The minimum atomic E-state index is -0.325. The molecule has 1 aromatic rings. The minimum Gasteiger partial charge on any atom is -0.326 e. The molecule has 1 heterocycles. The number of hydrogen-bond acceptors (Lipinski definition) is 2. The van der Waals surface area contributed by atoms with Crippen molar-refractivity contribution >= 4 is 0 Å². The first kappa shape index (κ1) is 15.2. The van der Waals surface area contributed by atoms with E-state index in [2.05, 4.69) is 30.9 Å². The van der Waals surface area contributed by atoms with Crippen LogP contribution in [0, 0.1) is 0 Å². The van der Waals surface area contributed by atoms with Gasteiger partial charge in [0.15, 0.2) is 5.66 Å². The zero-order valence-corrected chi connectivity index (χ0v) is 12.3. The van der Waals surface area contributed by atoms with Gasteiger partial charge in [-0.2, -0.15) is 0 Å². The van der Waals surface area contributed by atoms with Gasteiger partial charge in [0, 0.05) is 5.54 Å². The van der Waals surface area contributed by atoms with Gasteiger partial charge in [0.05, 0.1) is 6.54 Å². The molecule has 1 aromatic heterocycles. The molecule has 4 heteroatoms. The lowest BCUT2D eigenvalue weighted by atomic mass is 9.98. The standard InChI is InChI=1S/C14H29N4/c1-13(2,15)8-6-5-7-9-17-10-11-18(12-17)14(3,4)16/h10-12H,5-9,15-16H2,1-4H3/q+1. The van der Waals surface area contributed by atoms with Gasteiger partial charge in [-0.3, -0.25) is 5.73 Å². The van der Waals surface area contributed by atoms with Crippen LogP contribution in [0.15, 0.2) is 18.7 Å². The molecule has 0 saturated heterocycles. The van der Waals surface area contributed by atoms with Gasteiger partial charge in [0.1, 0.15) is 12.4 Å². The van der Waals surface area contributed by atoms with E-state index in [0.717, 1.165) is 13.0 Å². The number of aromatic nitrogens is 2. The van der Waals surface area contributed by atoms with Crippen molar-refractivity contribution in [3.05, 3.63) is 18.7 Å². The van der Waals surface area contributed by atoms with E-state index in [4.69, 9.17) is 11.5 Å². The van der Waals surface area contributed by atoms with Crippen LogP contribution in [-0.2, 0) is 12.2 Å². The van der Waals surface area contributed by atoms with Crippen molar-refractivity contribution in [2.45, 2.75) is 71.1 Å². The Kier molecular flexibility index (Phi) is 4.93. The third-order valence-corrected chi connectivity index (χ3v) is 3.09. The molecule has 0 unspecified atom stereocenters. The molecular weight excluding hydrogens is 224 g/mol. The Morgan fingerprint density at radius 1 is 1.06 bits per heavy atom. The fourth-order valence-corrected chi connectivity index (χ4v) is 1.92. The summed E-state index contributed by atoms with van der Waals surface area (Å²) in [6.45, 7) is 9.23. The predicted octanol–water partition coefficient (Wildman–Crippen LogP) is 1.72. The average Bonchev–Trinajstić information content (AvgIpc) is 2.63. The molecule has 0 bridgehead atoms. The van der Waals surface area contributed by atoms with Crippen LogP contribution < -0.4 is 16.0 Å². The summed E-state index contributed by atoms with van der Waals surface area (Å²) in [7, 11) is 0. The third-order valence-electron chi connectivity index (χ3n) is 3.09. The first-order valence-corrected chi connectivity index (χ1v) is 6.84. The van der Waals surface area contributed by atoms with Crippen LogP contribution in [0.2, 0.25) is 0 Å². The Balaban J connectivity index is 2.26. The van der Waals surface area contributed by atoms with Crippen molar-refractivity contribution in [2.75, 3.05) is 0 Å². The highest BCUT2D eigenvalue weighted by molar-refractivity contribution is 4.77. The summed E-state index contributed by atoms with van der Waals surface area (Å²) in [6, 6.07) is 0. The molecule has 4 N–H and O–H groups in total. The molecule has 0 fully saturated rings. The molecule has 0 aliphatic rings. The maximum atomic E-state index is 6.03. The highest BCUT2D eigenvalue weighted by atomic mass is 15.2. The van der Waals surface area contributed by atoms with Crippen molar-refractivity contribution in [3.63, 3.8) is 0 Å². The Morgan fingerprint density at radius 2 is 1.72 bits per heavy atom. The van der Waals surface area contributed by atoms with Gasteiger partial charge in [0.25, 0.3) is 0 Å². The van der Waals surface area contributed by atoms with Crippen LogP contribution in [0.5, 0.6) is 0 Å². The molecule has 18 heavy (non-hydrogen) atoms. The van der Waals surface area contributed by atoms with Gasteiger partial charge < -0.3 is 5.73 Å². The molecule has 0 atom stereocenters. The van der Waals surface area contributed by atoms with Gasteiger partial charge in [-0.05, 0) is 47.0 Å². The number of imidazole rings is 1. The van der Waals surface area contributed by atoms with E-state index in [1.807, 2.05) is 24.6 Å². The topological polar surface area (TPSA) is 60.8 Å². The smallest absolute Gasteiger partial charge is 0.245 e. The quantitative estimate of drug-likeness (QED) is 0.574. The highest BCUT2D eigenvalue weighted by Crippen LogP contribution is 2.10. The fraction of sp³-hybridized carbons (Fsp3) is 0.786. The van der Waals surface area contributed by atoms with Crippen LogP contribution in [0.25, 0.3) is 0 Å². The van der Waals surface area contributed by atoms with Crippen molar-refractivity contribution < 1.29 is 4.57 Å². The first-order valence-electron chi connectivity index (χ1n) is 6.84. The second-order valence-electron chi connectivity index (χ2n) is 6.51. The zero-order chi connectivity index (χ0) is 13.8. The normalized spacial score (nSPS) is 13.0. The summed E-state index contributed by atoms with van der Waals surface area (Å²) in [6.07, 6.45) is 10.9. The van der Waals surface area contributed by atoms with Gasteiger partial charge in [-0.1, -0.05) is 6.42 Å². The van der Waals surface area contributed by atoms with Gasteiger partial charge >= 0.3 is 0 Å². The lowest BCUT2D eigenvalue weighted by Gasteiger charge is -2.17. The SMILES string of the molecule is CC(C)(N)CCCCC[n+]1ccn(C(C)(C)N)c1. The van der Waals surface area contributed by atoms with Crippen molar-refractivity contribution in [1.82, 2.24) is 4.57 Å². The van der Waals surface area contributed by atoms with E-state index in [9.17, 15) is 0 Å². The maximum Gasteiger partial charge on any atom is 0.245 e. The van der Waals surface area contributed by atoms with E-state index in [0.29, 0.717) is 0 Å². The highest BCUT2D eigenvalue weighted by Gasteiger charge is 2.19. The van der Waals surface area contributed by atoms with E-state index in [1.54, 1.807) is 0 Å². The summed E-state index contributed by atoms with van der Waals surface area (Å²) in [5.41, 5.74) is 11.6. The Labute approximate surface area is 111 Å². The number of unbranched alkanes of at least 4 members (excludes halogenated alkanes) is 2. The summed E-state index contributed by atoms with van der Waals surface area (Å²) >= 11 is 0. The Morgan fingerprint density at radius 3 is 2.22 bits per heavy atom. The van der Waals surface area contributed by atoms with Gasteiger partial charge in [-0.25, -0.2) is 9.13 Å². The number of hydrogen-bond donors (Lipinski definition) is 2. The molecule has 0 amide bonds. The molecular formula is C14H29N4+. The molecule has 0 saturated carbocycles. The Bertz CT molecular complexity index is 355. The summed E-state index contributed by atoms with van der Waals surface area (Å²) in [5, 5.41) is 0. The number of nitrogens with two attached hydrogens (primary N) is 2. The lowest BCUT2D eigenvalue weighted by Crippen LogP contribution is -2.38. The molecule has 1 rings (SSSR count). The van der Waals surface area contributed by atoms with Crippen LogP contribution >= 0.6 is 0 Å². The molecule has 0 radical (unpaired) electrons. The average molecular weight is 253 g/mol. The molecule has 104 valence electrons. The zero-order valence-electron chi connectivity index (χ0n) is 12.3. The van der Waals surface area contributed by atoms with Crippen LogP contribution in [0.1, 0.15) is 53.4 Å². The predicted molar refractivity (Wildman–Crippen MR) is 74.9 cm³/mol. The van der Waals surface area contributed by atoms with Gasteiger partial charge in [-0.15, -0.1) is 0 Å². The summed E-state index contributed by atoms with van der Waals surface area (Å²) in [4.78, 5) is 0. The third kappa shape index (κ3) is 5.65. The molecule has 0 spiro atoms. The molecule has 4 nitrogen and oxygen atoms in total. The summed E-state index contributed by atoms with van der Waals surface area (Å²) in [5.74, 6) is 0. The van der Waals surface area contributed by atoms with E-state index < -0.39 is 0 Å². The van der Waals surface area contributed by atoms with Gasteiger partial charge in [0.2, 0.25) is 6.33 Å². The van der Waals surface area contributed by atoms with E-state index in [-0.39, 0.29) is 11.2 Å². The van der Waals surface area contributed by atoms with Crippen LogP contribution in [-0.4, -0.2) is 10.1 Å².